The van der Waals surface area contributed by atoms with Gasteiger partial charge in [0.2, 0.25) is 0 Å². The first-order chi connectivity index (χ1) is 12.2. The van der Waals surface area contributed by atoms with Gasteiger partial charge >= 0.3 is 0 Å². The molecule has 3 rings (SSSR count). The summed E-state index contributed by atoms with van der Waals surface area (Å²) < 4.78 is 5.65. The summed E-state index contributed by atoms with van der Waals surface area (Å²) in [5.74, 6) is -0.0934. The molecule has 132 valence electrons. The Morgan fingerprint density at radius 3 is 2.56 bits per heavy atom. The Labute approximate surface area is 148 Å². The van der Waals surface area contributed by atoms with Crippen LogP contribution in [-0.4, -0.2) is 43.2 Å². The van der Waals surface area contributed by atoms with E-state index in [1.165, 1.54) is 5.56 Å². The third-order valence-electron chi connectivity index (χ3n) is 4.42. The maximum absolute atomic E-state index is 12.4. The molecule has 1 aliphatic heterocycles. The van der Waals surface area contributed by atoms with Gasteiger partial charge in [0.1, 0.15) is 6.10 Å². The van der Waals surface area contributed by atoms with E-state index in [1.807, 2.05) is 48.5 Å². The third kappa shape index (κ3) is 5.13. The monoisotopic (exact) mass is 339 g/mol. The first kappa shape index (κ1) is 17.6. The SMILES string of the molecule is NC(CNC(=O)C1CN(Cc2ccccc2)CCO1)c1ccccc1. The molecule has 2 aromatic rings. The number of amides is 1. The number of carbonyl (C=O) groups excluding carboxylic acids is 1. The zero-order valence-electron chi connectivity index (χ0n) is 14.3. The van der Waals surface area contributed by atoms with Crippen molar-refractivity contribution in [3.05, 3.63) is 71.8 Å². The standard InChI is InChI=1S/C20H25N3O2/c21-18(17-9-5-2-6-10-17)13-22-20(24)19-15-23(11-12-25-19)14-16-7-3-1-4-8-16/h1-10,18-19H,11-15,21H2,(H,22,24). The summed E-state index contributed by atoms with van der Waals surface area (Å²) in [6.45, 7) is 3.23. The molecule has 3 N–H and O–H groups in total. The molecule has 0 aromatic heterocycles. The normalized spacial score (nSPS) is 19.3. The highest BCUT2D eigenvalue weighted by atomic mass is 16.5. The fraction of sp³-hybridized carbons (Fsp3) is 0.350. The minimum absolute atomic E-state index is 0.0934. The quantitative estimate of drug-likeness (QED) is 0.841. The van der Waals surface area contributed by atoms with Crippen LogP contribution < -0.4 is 11.1 Å². The van der Waals surface area contributed by atoms with E-state index in [4.69, 9.17) is 10.5 Å². The summed E-state index contributed by atoms with van der Waals surface area (Å²) in [6, 6.07) is 19.8. The van der Waals surface area contributed by atoms with Crippen molar-refractivity contribution in [2.24, 2.45) is 5.73 Å². The number of carbonyl (C=O) groups is 1. The number of ether oxygens (including phenoxy) is 1. The first-order valence-electron chi connectivity index (χ1n) is 8.68. The van der Waals surface area contributed by atoms with Crippen molar-refractivity contribution in [3.63, 3.8) is 0 Å². The summed E-state index contributed by atoms with van der Waals surface area (Å²) >= 11 is 0. The van der Waals surface area contributed by atoms with Gasteiger partial charge in [-0.05, 0) is 11.1 Å². The lowest BCUT2D eigenvalue weighted by atomic mass is 10.1. The van der Waals surface area contributed by atoms with Gasteiger partial charge in [-0.15, -0.1) is 0 Å². The van der Waals surface area contributed by atoms with Gasteiger partial charge in [0, 0.05) is 32.2 Å². The highest BCUT2D eigenvalue weighted by Crippen LogP contribution is 2.12. The second kappa shape index (κ2) is 8.76. The van der Waals surface area contributed by atoms with Gasteiger partial charge in [-0.1, -0.05) is 60.7 Å². The minimum Gasteiger partial charge on any atom is -0.366 e. The molecule has 25 heavy (non-hydrogen) atoms. The number of nitrogens with one attached hydrogen (secondary N) is 1. The molecule has 1 saturated heterocycles. The highest BCUT2D eigenvalue weighted by Gasteiger charge is 2.26. The lowest BCUT2D eigenvalue weighted by molar-refractivity contribution is -0.138. The summed E-state index contributed by atoms with van der Waals surface area (Å²) in [4.78, 5) is 14.7. The van der Waals surface area contributed by atoms with E-state index in [1.54, 1.807) is 0 Å². The highest BCUT2D eigenvalue weighted by molar-refractivity contribution is 5.81. The van der Waals surface area contributed by atoms with Gasteiger partial charge in [-0.3, -0.25) is 9.69 Å². The number of morpholine rings is 1. The number of nitrogens with zero attached hydrogens (tertiary/aromatic N) is 1. The lowest BCUT2D eigenvalue weighted by Crippen LogP contribution is -2.50. The van der Waals surface area contributed by atoms with E-state index in [-0.39, 0.29) is 11.9 Å². The van der Waals surface area contributed by atoms with Crippen LogP contribution in [0.5, 0.6) is 0 Å². The number of nitrogens with two attached hydrogens (primary N) is 1. The van der Waals surface area contributed by atoms with E-state index < -0.39 is 6.10 Å². The molecule has 0 saturated carbocycles. The van der Waals surface area contributed by atoms with Crippen molar-refractivity contribution in [3.8, 4) is 0 Å². The van der Waals surface area contributed by atoms with E-state index >= 15 is 0 Å². The maximum Gasteiger partial charge on any atom is 0.250 e. The zero-order valence-corrected chi connectivity index (χ0v) is 14.3. The predicted octanol–water partition coefficient (Wildman–Crippen LogP) is 1.70. The van der Waals surface area contributed by atoms with Gasteiger partial charge in [0.25, 0.3) is 5.91 Å². The summed E-state index contributed by atoms with van der Waals surface area (Å²) in [5.41, 5.74) is 8.39. The Morgan fingerprint density at radius 1 is 1.16 bits per heavy atom. The van der Waals surface area contributed by atoms with Gasteiger partial charge in [-0.25, -0.2) is 0 Å². The van der Waals surface area contributed by atoms with Gasteiger partial charge in [-0.2, -0.15) is 0 Å². The number of rotatable bonds is 6. The summed E-state index contributed by atoms with van der Waals surface area (Å²) in [5, 5.41) is 2.92. The van der Waals surface area contributed by atoms with Crippen molar-refractivity contribution in [2.75, 3.05) is 26.2 Å². The van der Waals surface area contributed by atoms with Crippen LogP contribution in [0.1, 0.15) is 17.2 Å². The largest absolute Gasteiger partial charge is 0.366 e. The van der Waals surface area contributed by atoms with Crippen molar-refractivity contribution < 1.29 is 9.53 Å². The molecule has 0 spiro atoms. The molecule has 0 bridgehead atoms. The Hall–Kier alpha value is -2.21. The Kier molecular flexibility index (Phi) is 6.17. The number of benzene rings is 2. The van der Waals surface area contributed by atoms with Crippen LogP contribution in [0.4, 0.5) is 0 Å². The predicted molar refractivity (Wildman–Crippen MR) is 97.8 cm³/mol. The van der Waals surface area contributed by atoms with E-state index in [0.29, 0.717) is 19.7 Å². The first-order valence-corrected chi connectivity index (χ1v) is 8.68. The van der Waals surface area contributed by atoms with Crippen LogP contribution in [0.3, 0.4) is 0 Å². The van der Waals surface area contributed by atoms with Crippen molar-refractivity contribution in [1.29, 1.82) is 0 Å². The van der Waals surface area contributed by atoms with Gasteiger partial charge < -0.3 is 15.8 Å². The molecule has 2 unspecified atom stereocenters. The van der Waals surface area contributed by atoms with Crippen LogP contribution in [0.25, 0.3) is 0 Å². The van der Waals surface area contributed by atoms with E-state index in [0.717, 1.165) is 18.7 Å². The molecule has 1 aliphatic rings. The average molecular weight is 339 g/mol. The van der Waals surface area contributed by atoms with Crippen LogP contribution in [0.15, 0.2) is 60.7 Å². The molecule has 1 fully saturated rings. The molecule has 5 heteroatoms. The average Bonchev–Trinajstić information content (AvgIpc) is 2.67. The minimum atomic E-state index is -0.444. The van der Waals surface area contributed by atoms with Crippen molar-refractivity contribution >= 4 is 5.91 Å². The van der Waals surface area contributed by atoms with E-state index in [9.17, 15) is 4.79 Å². The van der Waals surface area contributed by atoms with Gasteiger partial charge in [0.05, 0.1) is 6.61 Å². The second-order valence-electron chi connectivity index (χ2n) is 6.34. The molecular weight excluding hydrogens is 314 g/mol. The summed E-state index contributed by atoms with van der Waals surface area (Å²) in [7, 11) is 0. The fourth-order valence-corrected chi connectivity index (χ4v) is 2.99. The van der Waals surface area contributed by atoms with Crippen LogP contribution in [0.2, 0.25) is 0 Å². The molecule has 2 atom stereocenters. The Morgan fingerprint density at radius 2 is 1.84 bits per heavy atom. The Bertz CT molecular complexity index is 663. The topological polar surface area (TPSA) is 67.6 Å². The fourth-order valence-electron chi connectivity index (χ4n) is 2.99. The smallest absolute Gasteiger partial charge is 0.250 e. The van der Waals surface area contributed by atoms with E-state index in [2.05, 4.69) is 22.3 Å². The van der Waals surface area contributed by atoms with Gasteiger partial charge in [0.15, 0.2) is 0 Å². The number of hydrogen-bond acceptors (Lipinski definition) is 4. The molecule has 2 aromatic carbocycles. The van der Waals surface area contributed by atoms with Crippen LogP contribution >= 0.6 is 0 Å². The molecular formula is C20H25N3O2. The van der Waals surface area contributed by atoms with Crippen LogP contribution in [0, 0.1) is 0 Å². The van der Waals surface area contributed by atoms with Crippen molar-refractivity contribution in [2.45, 2.75) is 18.7 Å². The Balaban J connectivity index is 1.48. The number of hydrogen-bond donors (Lipinski definition) is 2. The van der Waals surface area contributed by atoms with Crippen molar-refractivity contribution in [1.82, 2.24) is 10.2 Å². The molecule has 1 heterocycles. The molecule has 1 amide bonds. The summed E-state index contributed by atoms with van der Waals surface area (Å²) in [6.07, 6.45) is -0.444. The molecule has 5 nitrogen and oxygen atoms in total. The molecule has 0 radical (unpaired) electrons. The third-order valence-corrected chi connectivity index (χ3v) is 4.42. The lowest BCUT2D eigenvalue weighted by Gasteiger charge is -2.32. The molecule has 0 aliphatic carbocycles. The maximum atomic E-state index is 12.4. The van der Waals surface area contributed by atoms with Crippen LogP contribution in [-0.2, 0) is 16.1 Å². The zero-order chi connectivity index (χ0) is 17.5. The second-order valence-corrected chi connectivity index (χ2v) is 6.34.